The van der Waals surface area contributed by atoms with Crippen LogP contribution in [0.5, 0.6) is 0 Å². The van der Waals surface area contributed by atoms with Gasteiger partial charge in [-0.3, -0.25) is 9.59 Å². The van der Waals surface area contributed by atoms with Crippen molar-refractivity contribution in [3.63, 3.8) is 0 Å². The summed E-state index contributed by atoms with van der Waals surface area (Å²) < 4.78 is 18.9. The number of ether oxygens (including phenoxy) is 1. The Morgan fingerprint density at radius 3 is 2.84 bits per heavy atom. The highest BCUT2D eigenvalue weighted by molar-refractivity contribution is 6.00. The number of hydrogen-bond donors (Lipinski definition) is 2. The second-order valence-corrected chi connectivity index (χ2v) is 5.58. The maximum Gasteiger partial charge on any atom is 0.328 e. The summed E-state index contributed by atoms with van der Waals surface area (Å²) in [4.78, 5) is 36.8. The van der Waals surface area contributed by atoms with Crippen molar-refractivity contribution in [3.8, 4) is 0 Å². The van der Waals surface area contributed by atoms with Gasteiger partial charge in [0, 0.05) is 13.0 Å². The van der Waals surface area contributed by atoms with Crippen LogP contribution in [-0.4, -0.2) is 48.7 Å². The van der Waals surface area contributed by atoms with Crippen molar-refractivity contribution in [1.29, 1.82) is 0 Å². The van der Waals surface area contributed by atoms with Crippen LogP contribution < -0.4 is 10.2 Å². The van der Waals surface area contributed by atoms with Gasteiger partial charge >= 0.3 is 5.97 Å². The van der Waals surface area contributed by atoms with E-state index in [1.807, 2.05) is 0 Å². The van der Waals surface area contributed by atoms with Gasteiger partial charge in [0.15, 0.2) is 6.04 Å². The van der Waals surface area contributed by atoms with Gasteiger partial charge in [0.05, 0.1) is 24.8 Å². The van der Waals surface area contributed by atoms with E-state index in [9.17, 15) is 18.8 Å². The average molecular weight is 350 g/mol. The van der Waals surface area contributed by atoms with Gasteiger partial charge in [-0.05, 0) is 12.1 Å². The van der Waals surface area contributed by atoms with E-state index >= 15 is 0 Å². The molecule has 1 aliphatic heterocycles. The molecule has 0 saturated carbocycles. The number of hydrogen-bond acceptors (Lipinski definition) is 4. The number of para-hydroxylation sites is 1. The van der Waals surface area contributed by atoms with Crippen molar-refractivity contribution in [2.75, 3.05) is 24.7 Å². The third-order valence-electron chi connectivity index (χ3n) is 3.77. The van der Waals surface area contributed by atoms with Crippen LogP contribution in [0, 0.1) is 11.7 Å². The van der Waals surface area contributed by atoms with Crippen molar-refractivity contribution in [3.05, 3.63) is 42.7 Å². The molecule has 2 atom stereocenters. The predicted molar refractivity (Wildman–Crippen MR) is 87.4 cm³/mol. The summed E-state index contributed by atoms with van der Waals surface area (Å²) in [6.45, 7) is 3.37. The highest BCUT2D eigenvalue weighted by atomic mass is 19.1. The molecular formula is C17H19FN2O5. The summed E-state index contributed by atoms with van der Waals surface area (Å²) in [6.07, 6.45) is 1.35. The van der Waals surface area contributed by atoms with E-state index in [1.165, 1.54) is 29.2 Å². The third kappa shape index (κ3) is 4.63. The highest BCUT2D eigenvalue weighted by Gasteiger charge is 2.37. The molecule has 0 bridgehead atoms. The molecule has 0 spiro atoms. The predicted octanol–water partition coefficient (Wildman–Crippen LogP) is 0.951. The lowest BCUT2D eigenvalue weighted by molar-refractivity contribution is -0.144. The zero-order chi connectivity index (χ0) is 18.4. The highest BCUT2D eigenvalue weighted by Crippen LogP contribution is 2.27. The molecule has 7 nitrogen and oxygen atoms in total. The van der Waals surface area contributed by atoms with Crippen LogP contribution in [-0.2, 0) is 19.1 Å². The van der Waals surface area contributed by atoms with Gasteiger partial charge in [0.2, 0.25) is 11.8 Å². The number of amides is 2. The van der Waals surface area contributed by atoms with Crippen LogP contribution in [0.3, 0.4) is 0 Å². The van der Waals surface area contributed by atoms with Crippen molar-refractivity contribution in [1.82, 2.24) is 5.32 Å². The molecule has 1 saturated heterocycles. The fourth-order valence-corrected chi connectivity index (χ4v) is 2.52. The van der Waals surface area contributed by atoms with E-state index < -0.39 is 29.7 Å². The molecule has 1 aromatic carbocycles. The Balaban J connectivity index is 2.00. The first-order valence-electron chi connectivity index (χ1n) is 7.70. The summed E-state index contributed by atoms with van der Waals surface area (Å²) in [6, 6.07) is 4.55. The molecular weight excluding hydrogens is 331 g/mol. The Morgan fingerprint density at radius 1 is 1.48 bits per heavy atom. The zero-order valence-corrected chi connectivity index (χ0v) is 13.5. The fourth-order valence-electron chi connectivity index (χ4n) is 2.52. The number of carboxylic acid groups (broad SMARTS) is 1. The quantitative estimate of drug-likeness (QED) is 0.538. The van der Waals surface area contributed by atoms with E-state index in [1.54, 1.807) is 6.07 Å². The zero-order valence-electron chi connectivity index (χ0n) is 13.5. The molecule has 2 amide bonds. The van der Waals surface area contributed by atoms with E-state index in [2.05, 4.69) is 11.9 Å². The average Bonchev–Trinajstić information content (AvgIpc) is 2.96. The Kier molecular flexibility index (Phi) is 6.24. The van der Waals surface area contributed by atoms with Gasteiger partial charge in [-0.15, -0.1) is 6.58 Å². The summed E-state index contributed by atoms with van der Waals surface area (Å²) in [5, 5.41) is 11.5. The molecule has 1 aliphatic rings. The van der Waals surface area contributed by atoms with Gasteiger partial charge in [-0.25, -0.2) is 9.18 Å². The monoisotopic (exact) mass is 350 g/mol. The molecule has 1 fully saturated rings. The largest absolute Gasteiger partial charge is 0.480 e. The van der Waals surface area contributed by atoms with Crippen LogP contribution in [0.15, 0.2) is 36.9 Å². The van der Waals surface area contributed by atoms with Crippen molar-refractivity contribution < 1.29 is 28.6 Å². The molecule has 1 heterocycles. The lowest BCUT2D eigenvalue weighted by Gasteiger charge is -2.19. The molecule has 8 heteroatoms. The maximum atomic E-state index is 13.8. The summed E-state index contributed by atoms with van der Waals surface area (Å²) in [5.41, 5.74) is 0.104. The van der Waals surface area contributed by atoms with Crippen LogP contribution >= 0.6 is 0 Å². The number of rotatable bonds is 8. The number of nitrogens with one attached hydrogen (secondary N) is 1. The SMILES string of the molecule is C=CCOCC(NC(=O)C1CC(=O)N(c2ccccc2F)C1)C(=O)O. The molecule has 1 aromatic rings. The van der Waals surface area contributed by atoms with Crippen molar-refractivity contribution in [2.45, 2.75) is 12.5 Å². The second-order valence-electron chi connectivity index (χ2n) is 5.58. The Bertz CT molecular complexity index is 679. The minimum Gasteiger partial charge on any atom is -0.480 e. The maximum absolute atomic E-state index is 13.8. The van der Waals surface area contributed by atoms with Crippen LogP contribution in [0.2, 0.25) is 0 Å². The molecule has 2 unspecified atom stereocenters. The normalized spacial score (nSPS) is 18.0. The van der Waals surface area contributed by atoms with Crippen LogP contribution in [0.4, 0.5) is 10.1 Å². The second kappa shape index (κ2) is 8.39. The number of carboxylic acids is 1. The lowest BCUT2D eigenvalue weighted by atomic mass is 10.1. The molecule has 2 rings (SSSR count). The minimum atomic E-state index is -1.24. The van der Waals surface area contributed by atoms with Crippen LogP contribution in [0.1, 0.15) is 6.42 Å². The van der Waals surface area contributed by atoms with Crippen LogP contribution in [0.25, 0.3) is 0 Å². The standard InChI is InChI=1S/C17H19FN2O5/c1-2-7-25-10-13(17(23)24)19-16(22)11-8-15(21)20(9-11)14-6-4-3-5-12(14)18/h2-6,11,13H,1,7-10H2,(H,19,22)(H,23,24). The number of halogens is 1. The number of carbonyl (C=O) groups excluding carboxylic acids is 2. The first-order valence-corrected chi connectivity index (χ1v) is 7.70. The topological polar surface area (TPSA) is 95.9 Å². The molecule has 0 aliphatic carbocycles. The summed E-state index contributed by atoms with van der Waals surface area (Å²) in [7, 11) is 0. The number of carbonyl (C=O) groups is 3. The molecule has 2 N–H and O–H groups in total. The Labute approximate surface area is 144 Å². The first kappa shape index (κ1) is 18.6. The number of aliphatic carboxylic acids is 1. The third-order valence-corrected chi connectivity index (χ3v) is 3.77. The van der Waals surface area contributed by atoms with Crippen molar-refractivity contribution in [2.24, 2.45) is 5.92 Å². The Hall–Kier alpha value is -2.74. The molecule has 25 heavy (non-hydrogen) atoms. The Morgan fingerprint density at radius 2 is 2.20 bits per heavy atom. The number of anilines is 1. The number of nitrogens with zero attached hydrogens (tertiary/aromatic N) is 1. The van der Waals surface area contributed by atoms with Gasteiger partial charge in [0.25, 0.3) is 0 Å². The smallest absolute Gasteiger partial charge is 0.328 e. The van der Waals surface area contributed by atoms with Gasteiger partial charge in [-0.1, -0.05) is 18.2 Å². The molecule has 0 aromatic heterocycles. The van der Waals surface area contributed by atoms with Gasteiger partial charge in [0.1, 0.15) is 5.82 Å². The van der Waals surface area contributed by atoms with E-state index in [-0.39, 0.29) is 37.8 Å². The minimum absolute atomic E-state index is 0.00848. The summed E-state index contributed by atoms with van der Waals surface area (Å²) in [5.74, 6) is -3.53. The summed E-state index contributed by atoms with van der Waals surface area (Å²) >= 11 is 0. The fraction of sp³-hybridized carbons (Fsp3) is 0.353. The van der Waals surface area contributed by atoms with E-state index in [0.717, 1.165) is 0 Å². The van der Waals surface area contributed by atoms with E-state index in [4.69, 9.17) is 9.84 Å². The van der Waals surface area contributed by atoms with E-state index in [0.29, 0.717) is 0 Å². The first-order chi connectivity index (χ1) is 11.9. The lowest BCUT2D eigenvalue weighted by Crippen LogP contribution is -2.46. The molecule has 134 valence electrons. The molecule has 0 radical (unpaired) electrons. The van der Waals surface area contributed by atoms with Gasteiger partial charge < -0.3 is 20.1 Å². The van der Waals surface area contributed by atoms with Crippen molar-refractivity contribution >= 4 is 23.5 Å². The van der Waals surface area contributed by atoms with Gasteiger partial charge in [-0.2, -0.15) is 0 Å². The number of benzene rings is 1.